The van der Waals surface area contributed by atoms with Crippen molar-refractivity contribution in [3.63, 3.8) is 0 Å². The molecule has 3 heterocycles. The van der Waals surface area contributed by atoms with Gasteiger partial charge >= 0.3 is 0 Å². The van der Waals surface area contributed by atoms with Crippen LogP contribution in [-0.2, 0) is 0 Å². The summed E-state index contributed by atoms with van der Waals surface area (Å²) in [6.07, 6.45) is 5.03. The third-order valence-electron chi connectivity index (χ3n) is 4.98. The topological polar surface area (TPSA) is 88.7 Å². The van der Waals surface area contributed by atoms with E-state index in [1.807, 2.05) is 44.2 Å². The molecule has 2 N–H and O–H groups in total. The van der Waals surface area contributed by atoms with Gasteiger partial charge in [0.1, 0.15) is 11.3 Å². The summed E-state index contributed by atoms with van der Waals surface area (Å²) in [6.45, 7) is 3.98. The number of nitrogens with zero attached hydrogens (tertiary/aromatic N) is 3. The van der Waals surface area contributed by atoms with Crippen LogP contribution in [-0.4, -0.2) is 25.9 Å². The van der Waals surface area contributed by atoms with Crippen LogP contribution in [0.1, 0.15) is 30.4 Å². The molecule has 0 atom stereocenters. The van der Waals surface area contributed by atoms with Crippen molar-refractivity contribution in [2.45, 2.75) is 19.9 Å². The number of carbonyl (C=O) groups excluding carboxylic acids is 1. The maximum absolute atomic E-state index is 12.9. The van der Waals surface area contributed by atoms with Gasteiger partial charge < -0.3 is 9.73 Å². The molecular formula is C22H19N5O2. The molecule has 2 aromatic carbocycles. The second kappa shape index (κ2) is 6.63. The fourth-order valence-electron chi connectivity index (χ4n) is 3.56. The highest BCUT2D eigenvalue weighted by atomic mass is 16.3. The van der Waals surface area contributed by atoms with E-state index >= 15 is 0 Å². The number of amides is 1. The zero-order chi connectivity index (χ0) is 20.0. The molecule has 0 spiro atoms. The molecule has 5 aromatic rings. The molecule has 7 heteroatoms. The predicted octanol–water partition coefficient (Wildman–Crippen LogP) is 5.01. The second-order valence-electron chi connectivity index (χ2n) is 7.24. The first-order valence-electron chi connectivity index (χ1n) is 9.40. The molecule has 5 rings (SSSR count). The lowest BCUT2D eigenvalue weighted by atomic mass is 10.0. The molecule has 7 nitrogen and oxygen atoms in total. The lowest BCUT2D eigenvalue weighted by molar-refractivity contribution is 0.101. The van der Waals surface area contributed by atoms with Crippen LogP contribution in [0.3, 0.4) is 0 Å². The van der Waals surface area contributed by atoms with Gasteiger partial charge in [0, 0.05) is 23.0 Å². The van der Waals surface area contributed by atoms with Gasteiger partial charge in [-0.15, -0.1) is 0 Å². The molecule has 0 unspecified atom stereocenters. The largest absolute Gasteiger partial charge is 0.464 e. The summed E-state index contributed by atoms with van der Waals surface area (Å²) in [6, 6.07) is 13.7. The van der Waals surface area contributed by atoms with Crippen molar-refractivity contribution in [2.75, 3.05) is 5.32 Å². The van der Waals surface area contributed by atoms with Gasteiger partial charge in [0.15, 0.2) is 0 Å². The van der Waals surface area contributed by atoms with Crippen molar-refractivity contribution in [3.05, 3.63) is 66.8 Å². The van der Waals surface area contributed by atoms with Crippen LogP contribution >= 0.6 is 0 Å². The molecular weight excluding hydrogens is 366 g/mol. The average molecular weight is 385 g/mol. The Morgan fingerprint density at radius 3 is 2.90 bits per heavy atom. The molecule has 144 valence electrons. The highest BCUT2D eigenvalue weighted by Gasteiger charge is 2.17. The van der Waals surface area contributed by atoms with E-state index in [0.29, 0.717) is 11.4 Å². The highest BCUT2D eigenvalue weighted by Crippen LogP contribution is 2.32. The van der Waals surface area contributed by atoms with Gasteiger partial charge in [-0.2, -0.15) is 10.2 Å². The summed E-state index contributed by atoms with van der Waals surface area (Å²) >= 11 is 0. The number of rotatable bonds is 4. The van der Waals surface area contributed by atoms with Crippen LogP contribution in [0.25, 0.3) is 33.0 Å². The Hall–Kier alpha value is -3.87. The maximum atomic E-state index is 12.9. The van der Waals surface area contributed by atoms with Crippen molar-refractivity contribution in [1.82, 2.24) is 20.0 Å². The molecule has 29 heavy (non-hydrogen) atoms. The molecule has 3 aromatic heterocycles. The normalized spacial score (nSPS) is 11.6. The number of H-pyrrole nitrogens is 1. The first-order chi connectivity index (χ1) is 14.1. The Bertz CT molecular complexity index is 1340. The van der Waals surface area contributed by atoms with E-state index in [0.717, 1.165) is 33.0 Å². The van der Waals surface area contributed by atoms with Crippen molar-refractivity contribution in [3.8, 4) is 11.1 Å². The van der Waals surface area contributed by atoms with Gasteiger partial charge in [-0.3, -0.25) is 14.6 Å². The quantitative estimate of drug-likeness (QED) is 0.455. The van der Waals surface area contributed by atoms with Crippen molar-refractivity contribution in [2.24, 2.45) is 0 Å². The Labute approximate surface area is 166 Å². The van der Waals surface area contributed by atoms with E-state index in [1.54, 1.807) is 29.4 Å². The SMILES string of the molecule is CC(C)n1nccc1C(=O)Nc1cc(-c2ccc3occc3c2)cc2[nH]ncc12. The number of fused-ring (bicyclic) bond motifs is 2. The maximum Gasteiger partial charge on any atom is 0.273 e. The number of benzene rings is 2. The molecule has 0 radical (unpaired) electrons. The summed E-state index contributed by atoms with van der Waals surface area (Å²) in [5.41, 5.74) is 4.90. The van der Waals surface area contributed by atoms with Crippen molar-refractivity contribution < 1.29 is 9.21 Å². The molecule has 0 saturated carbocycles. The van der Waals surface area contributed by atoms with Gasteiger partial charge in [-0.1, -0.05) is 6.07 Å². The fourth-order valence-corrected chi connectivity index (χ4v) is 3.56. The molecule has 0 aliphatic carbocycles. The van der Waals surface area contributed by atoms with Gasteiger partial charge in [0.05, 0.1) is 23.7 Å². The van der Waals surface area contributed by atoms with Crippen LogP contribution in [0.15, 0.2) is 65.5 Å². The number of carbonyl (C=O) groups is 1. The van der Waals surface area contributed by atoms with E-state index in [9.17, 15) is 4.79 Å². The third-order valence-corrected chi connectivity index (χ3v) is 4.98. The van der Waals surface area contributed by atoms with Crippen molar-refractivity contribution >= 4 is 33.5 Å². The molecule has 0 aliphatic rings. The van der Waals surface area contributed by atoms with Crippen LogP contribution in [0.5, 0.6) is 0 Å². The highest BCUT2D eigenvalue weighted by molar-refractivity contribution is 6.09. The minimum absolute atomic E-state index is 0.0905. The number of aromatic amines is 1. The Kier molecular flexibility index (Phi) is 3.94. The van der Waals surface area contributed by atoms with Crippen LogP contribution < -0.4 is 5.32 Å². The lowest BCUT2D eigenvalue weighted by Gasteiger charge is -2.13. The Morgan fingerprint density at radius 1 is 1.14 bits per heavy atom. The van der Waals surface area contributed by atoms with Gasteiger partial charge in [0.2, 0.25) is 0 Å². The molecule has 0 fully saturated rings. The summed E-state index contributed by atoms with van der Waals surface area (Å²) in [5, 5.41) is 16.3. The number of nitrogens with one attached hydrogen (secondary N) is 2. The second-order valence-corrected chi connectivity index (χ2v) is 7.24. The number of anilines is 1. The number of hydrogen-bond donors (Lipinski definition) is 2. The van der Waals surface area contributed by atoms with E-state index in [1.165, 1.54) is 0 Å². The molecule has 0 bridgehead atoms. The summed E-state index contributed by atoms with van der Waals surface area (Å²) in [7, 11) is 0. The predicted molar refractivity (Wildman–Crippen MR) is 112 cm³/mol. The zero-order valence-electron chi connectivity index (χ0n) is 16.0. The van der Waals surface area contributed by atoms with E-state index < -0.39 is 0 Å². The summed E-state index contributed by atoms with van der Waals surface area (Å²) in [4.78, 5) is 12.9. The molecule has 1 amide bonds. The number of furan rings is 1. The average Bonchev–Trinajstić information content (AvgIpc) is 3.46. The summed E-state index contributed by atoms with van der Waals surface area (Å²) in [5.74, 6) is -0.207. The van der Waals surface area contributed by atoms with Crippen molar-refractivity contribution in [1.29, 1.82) is 0 Å². The van der Waals surface area contributed by atoms with Crippen LogP contribution in [0, 0.1) is 0 Å². The van der Waals surface area contributed by atoms with E-state index in [4.69, 9.17) is 4.42 Å². The molecule has 0 aliphatic heterocycles. The molecule has 0 saturated heterocycles. The van der Waals surface area contributed by atoms with Gasteiger partial charge in [0.25, 0.3) is 5.91 Å². The van der Waals surface area contributed by atoms with E-state index in [2.05, 4.69) is 26.7 Å². The fraction of sp³-hybridized carbons (Fsp3) is 0.136. The number of aromatic nitrogens is 4. The monoisotopic (exact) mass is 385 g/mol. The smallest absolute Gasteiger partial charge is 0.273 e. The Balaban J connectivity index is 1.57. The minimum atomic E-state index is -0.207. The first kappa shape index (κ1) is 17.2. The van der Waals surface area contributed by atoms with Gasteiger partial charge in [-0.05, 0) is 61.4 Å². The third kappa shape index (κ3) is 2.97. The van der Waals surface area contributed by atoms with Crippen LogP contribution in [0.4, 0.5) is 5.69 Å². The first-order valence-corrected chi connectivity index (χ1v) is 9.40. The lowest BCUT2D eigenvalue weighted by Crippen LogP contribution is -2.19. The summed E-state index contributed by atoms with van der Waals surface area (Å²) < 4.78 is 7.14. The van der Waals surface area contributed by atoms with Gasteiger partial charge in [-0.25, -0.2) is 0 Å². The van der Waals surface area contributed by atoms with Crippen LogP contribution in [0.2, 0.25) is 0 Å². The van der Waals surface area contributed by atoms with E-state index in [-0.39, 0.29) is 11.9 Å². The zero-order valence-corrected chi connectivity index (χ0v) is 16.0. The standard InChI is InChI=1S/C22H19N5O2/c1-13(2)27-20(5-7-24-27)22(28)25-18-10-16(11-19-17(18)12-23-26-19)14-3-4-21-15(9-14)6-8-29-21/h3-13H,1-2H3,(H,23,26)(H,25,28). The minimum Gasteiger partial charge on any atom is -0.464 e. The Morgan fingerprint density at radius 2 is 2.03 bits per heavy atom. The number of hydrogen-bond acceptors (Lipinski definition) is 4.